The third-order valence-electron chi connectivity index (χ3n) is 3.08. The van der Waals surface area contributed by atoms with Gasteiger partial charge in [0.1, 0.15) is 6.29 Å². The summed E-state index contributed by atoms with van der Waals surface area (Å²) in [6.45, 7) is 1.46. The number of halogens is 1. The number of hydrogen-bond acceptors (Lipinski definition) is 5. The summed E-state index contributed by atoms with van der Waals surface area (Å²) < 4.78 is 5.37. The number of nitrogens with zero attached hydrogens (tertiary/aromatic N) is 1. The van der Waals surface area contributed by atoms with E-state index < -0.39 is 16.9 Å². The number of ether oxygens (including phenoxy) is 1. The number of benzene rings is 2. The number of nitrogens with one attached hydrogen (secondary N) is 1. The van der Waals surface area contributed by atoms with Crippen molar-refractivity contribution in [2.75, 3.05) is 5.32 Å². The maximum atomic E-state index is 12.1. The van der Waals surface area contributed by atoms with Crippen molar-refractivity contribution in [3.8, 4) is 5.75 Å². The first-order chi connectivity index (χ1) is 11.4. The molecule has 1 N–H and O–H groups in total. The van der Waals surface area contributed by atoms with Crippen LogP contribution >= 0.6 is 11.6 Å². The van der Waals surface area contributed by atoms with Crippen LogP contribution in [0.15, 0.2) is 42.5 Å². The van der Waals surface area contributed by atoms with Crippen LogP contribution in [0.1, 0.15) is 17.3 Å². The van der Waals surface area contributed by atoms with Gasteiger partial charge < -0.3 is 10.1 Å². The van der Waals surface area contributed by atoms with Crippen LogP contribution in [-0.4, -0.2) is 23.2 Å². The summed E-state index contributed by atoms with van der Waals surface area (Å²) in [5, 5.41) is 14.1. The van der Waals surface area contributed by atoms with Gasteiger partial charge in [0.05, 0.1) is 4.92 Å². The Bertz CT molecular complexity index is 794. The number of hydrogen-bond donors (Lipinski definition) is 1. The highest BCUT2D eigenvalue weighted by Gasteiger charge is 2.21. The zero-order chi connectivity index (χ0) is 17.7. The van der Waals surface area contributed by atoms with Gasteiger partial charge in [0.2, 0.25) is 0 Å². The topological polar surface area (TPSA) is 98.5 Å². The average Bonchev–Trinajstić information content (AvgIpc) is 2.54. The number of carbonyl (C=O) groups excluding carboxylic acids is 2. The van der Waals surface area contributed by atoms with Gasteiger partial charge in [-0.3, -0.25) is 19.7 Å². The molecule has 0 bridgehead atoms. The first-order valence-electron chi connectivity index (χ1n) is 6.87. The molecule has 7 nitrogen and oxygen atoms in total. The minimum Gasteiger partial charge on any atom is -0.474 e. The Hall–Kier alpha value is -2.93. The van der Waals surface area contributed by atoms with Crippen molar-refractivity contribution in [3.05, 3.63) is 63.2 Å². The van der Waals surface area contributed by atoms with Crippen LogP contribution in [0.5, 0.6) is 5.75 Å². The van der Waals surface area contributed by atoms with E-state index in [-0.39, 0.29) is 17.0 Å². The maximum Gasteiger partial charge on any atom is 0.311 e. The smallest absolute Gasteiger partial charge is 0.311 e. The van der Waals surface area contributed by atoms with E-state index in [0.717, 1.165) is 6.07 Å². The lowest BCUT2D eigenvalue weighted by Crippen LogP contribution is -2.30. The summed E-state index contributed by atoms with van der Waals surface area (Å²) >= 11 is 5.84. The Labute approximate surface area is 142 Å². The number of nitro benzene ring substituents is 1. The SMILES string of the molecule is C[C@@H](Oc1ccc(C=O)cc1[N+](=O)[O-])C(=O)Nc1cccc(Cl)c1. The summed E-state index contributed by atoms with van der Waals surface area (Å²) in [6.07, 6.45) is -0.503. The van der Waals surface area contributed by atoms with Crippen LogP contribution in [0.3, 0.4) is 0 Å². The van der Waals surface area contributed by atoms with Crippen molar-refractivity contribution in [2.45, 2.75) is 13.0 Å². The number of rotatable bonds is 6. The van der Waals surface area contributed by atoms with Crippen LogP contribution in [0.4, 0.5) is 11.4 Å². The van der Waals surface area contributed by atoms with Gasteiger partial charge >= 0.3 is 5.69 Å². The molecule has 0 unspecified atom stereocenters. The fourth-order valence-corrected chi connectivity index (χ4v) is 2.09. The molecule has 2 aromatic carbocycles. The molecule has 0 aliphatic rings. The summed E-state index contributed by atoms with van der Waals surface area (Å²) in [4.78, 5) is 33.2. The van der Waals surface area contributed by atoms with Crippen molar-refractivity contribution in [2.24, 2.45) is 0 Å². The number of aldehydes is 1. The van der Waals surface area contributed by atoms with E-state index in [4.69, 9.17) is 16.3 Å². The molecule has 0 aromatic heterocycles. The standard InChI is InChI=1S/C16H13ClN2O5/c1-10(16(21)18-13-4-2-3-12(17)8-13)24-15-6-5-11(9-20)7-14(15)19(22)23/h2-10H,1H3,(H,18,21)/t10-/m1/s1. The third kappa shape index (κ3) is 4.30. The fraction of sp³-hybridized carbons (Fsp3) is 0.125. The van der Waals surface area contributed by atoms with Crippen molar-refractivity contribution in [3.63, 3.8) is 0 Å². The van der Waals surface area contributed by atoms with E-state index in [1.165, 1.54) is 19.1 Å². The lowest BCUT2D eigenvalue weighted by molar-refractivity contribution is -0.386. The highest BCUT2D eigenvalue weighted by Crippen LogP contribution is 2.28. The predicted molar refractivity (Wildman–Crippen MR) is 88.7 cm³/mol. The largest absolute Gasteiger partial charge is 0.474 e. The lowest BCUT2D eigenvalue weighted by atomic mass is 10.2. The van der Waals surface area contributed by atoms with Gasteiger partial charge in [-0.05, 0) is 37.3 Å². The average molecular weight is 349 g/mol. The molecule has 0 saturated heterocycles. The highest BCUT2D eigenvalue weighted by atomic mass is 35.5. The quantitative estimate of drug-likeness (QED) is 0.489. The third-order valence-corrected chi connectivity index (χ3v) is 3.32. The molecule has 0 heterocycles. The molecule has 24 heavy (non-hydrogen) atoms. The van der Waals surface area contributed by atoms with Gasteiger partial charge in [0.25, 0.3) is 5.91 Å². The molecule has 124 valence electrons. The van der Waals surface area contributed by atoms with Gasteiger partial charge in [-0.25, -0.2) is 0 Å². The van der Waals surface area contributed by atoms with Gasteiger partial charge in [-0.2, -0.15) is 0 Å². The molecular weight excluding hydrogens is 336 g/mol. The molecule has 2 rings (SSSR count). The van der Waals surface area contributed by atoms with Crippen LogP contribution in [-0.2, 0) is 4.79 Å². The predicted octanol–water partition coefficient (Wildman–Crippen LogP) is 3.47. The zero-order valence-corrected chi connectivity index (χ0v) is 13.3. The van der Waals surface area contributed by atoms with Crippen LogP contribution in [0, 0.1) is 10.1 Å². The minimum absolute atomic E-state index is 0.0978. The van der Waals surface area contributed by atoms with Gasteiger partial charge in [0.15, 0.2) is 11.9 Å². The molecule has 2 aromatic rings. The van der Waals surface area contributed by atoms with Crippen LogP contribution in [0.2, 0.25) is 5.02 Å². The Morgan fingerprint density at radius 3 is 2.71 bits per heavy atom. The first-order valence-corrected chi connectivity index (χ1v) is 7.25. The zero-order valence-electron chi connectivity index (χ0n) is 12.6. The van der Waals surface area contributed by atoms with E-state index >= 15 is 0 Å². The lowest BCUT2D eigenvalue weighted by Gasteiger charge is -2.15. The second-order valence-electron chi connectivity index (χ2n) is 4.86. The summed E-state index contributed by atoms with van der Waals surface area (Å²) in [5.74, 6) is -0.592. The normalized spacial score (nSPS) is 11.4. The molecule has 8 heteroatoms. The maximum absolute atomic E-state index is 12.1. The number of anilines is 1. The summed E-state index contributed by atoms with van der Waals surface area (Å²) in [7, 11) is 0. The second-order valence-corrected chi connectivity index (χ2v) is 5.30. The monoisotopic (exact) mass is 348 g/mol. The van der Waals surface area contributed by atoms with Gasteiger partial charge in [-0.1, -0.05) is 17.7 Å². The van der Waals surface area contributed by atoms with Crippen LogP contribution < -0.4 is 10.1 Å². The van der Waals surface area contributed by atoms with Crippen LogP contribution in [0.25, 0.3) is 0 Å². The number of nitro groups is 1. The first kappa shape index (κ1) is 17.4. The molecule has 1 amide bonds. The molecule has 0 saturated carbocycles. The van der Waals surface area contributed by atoms with E-state index in [0.29, 0.717) is 17.0 Å². The molecule has 1 atom stereocenters. The minimum atomic E-state index is -0.996. The Kier molecular flexibility index (Phi) is 5.49. The molecule has 0 aliphatic heterocycles. The Morgan fingerprint density at radius 2 is 2.08 bits per heavy atom. The van der Waals surface area contributed by atoms with Gasteiger partial charge in [-0.15, -0.1) is 0 Å². The van der Waals surface area contributed by atoms with E-state index in [9.17, 15) is 19.7 Å². The molecule has 0 fully saturated rings. The van der Waals surface area contributed by atoms with Crippen molar-refractivity contribution < 1.29 is 19.2 Å². The fourth-order valence-electron chi connectivity index (χ4n) is 1.90. The molecular formula is C16H13ClN2O5. The Balaban J connectivity index is 2.14. The molecule has 0 aliphatic carbocycles. The van der Waals surface area contributed by atoms with E-state index in [1.807, 2.05) is 0 Å². The van der Waals surface area contributed by atoms with E-state index in [2.05, 4.69) is 5.32 Å². The summed E-state index contributed by atoms with van der Waals surface area (Å²) in [5.41, 5.74) is 0.237. The second kappa shape index (κ2) is 7.56. The van der Waals surface area contributed by atoms with Gasteiger partial charge in [0, 0.05) is 22.3 Å². The number of carbonyl (C=O) groups is 2. The number of amides is 1. The highest BCUT2D eigenvalue weighted by molar-refractivity contribution is 6.30. The van der Waals surface area contributed by atoms with Crippen molar-refractivity contribution in [1.29, 1.82) is 0 Å². The molecule has 0 spiro atoms. The Morgan fingerprint density at radius 1 is 1.33 bits per heavy atom. The molecule has 0 radical (unpaired) electrons. The van der Waals surface area contributed by atoms with Crippen molar-refractivity contribution >= 4 is 35.2 Å². The van der Waals surface area contributed by atoms with E-state index in [1.54, 1.807) is 24.3 Å². The van der Waals surface area contributed by atoms with Crippen molar-refractivity contribution in [1.82, 2.24) is 0 Å². The summed E-state index contributed by atoms with van der Waals surface area (Å²) in [6, 6.07) is 10.3.